The van der Waals surface area contributed by atoms with Crippen molar-refractivity contribution in [2.45, 2.75) is 43.2 Å². The van der Waals surface area contributed by atoms with E-state index in [0.717, 1.165) is 65.9 Å². The lowest BCUT2D eigenvalue weighted by molar-refractivity contribution is 0.135. The molecule has 10 heteroatoms. The van der Waals surface area contributed by atoms with Crippen LogP contribution < -0.4 is 24.9 Å². The molecular weight excluding hydrogens is 585 g/mol. The van der Waals surface area contributed by atoms with Crippen molar-refractivity contribution in [2.24, 2.45) is 0 Å². The van der Waals surface area contributed by atoms with E-state index >= 15 is 0 Å². The van der Waals surface area contributed by atoms with Crippen molar-refractivity contribution < 1.29 is 14.3 Å². The van der Waals surface area contributed by atoms with E-state index in [9.17, 15) is 4.79 Å². The van der Waals surface area contributed by atoms with Gasteiger partial charge in [-0.1, -0.05) is 35.9 Å². The van der Waals surface area contributed by atoms with Crippen molar-refractivity contribution >= 4 is 47.4 Å². The molecular formula is C33H31Cl2N5O3. The molecule has 1 fully saturated rings. The summed E-state index contributed by atoms with van der Waals surface area (Å²) in [6, 6.07) is 16.4. The Labute approximate surface area is 259 Å². The molecule has 0 bridgehead atoms. The molecule has 1 amide bonds. The Morgan fingerprint density at radius 3 is 2.42 bits per heavy atom. The summed E-state index contributed by atoms with van der Waals surface area (Å²) in [4.78, 5) is 29.9. The molecule has 2 aromatic carbocycles. The average Bonchev–Trinajstić information content (AvgIpc) is 3.41. The molecule has 0 saturated carbocycles. The Hall–Kier alpha value is -4.01. The van der Waals surface area contributed by atoms with Crippen LogP contribution in [0.2, 0.25) is 5.02 Å². The summed E-state index contributed by atoms with van der Waals surface area (Å²) in [6.07, 6.45) is 10.8. The van der Waals surface area contributed by atoms with E-state index in [-0.39, 0.29) is 17.5 Å². The van der Waals surface area contributed by atoms with Gasteiger partial charge in [0.1, 0.15) is 23.6 Å². The fraction of sp³-hybridized carbons (Fsp3) is 0.303. The first-order valence-electron chi connectivity index (χ1n) is 14.6. The standard InChI is InChI=1S/C33H31Cl2N5O3/c34-22-4-9-25(10-5-22)43-33(41)40-19-14-27-28-20-23(35)6-11-29(28)38-30(27)31(40)21-2-7-24(8-3-21)42-26-12-17-39(18-13-26)32-36-15-1-16-37-32/h1-5,7-11,15-16,20,23,26,31,38H,6,12-14,17-19H2/t23?,31-/m0/s1. The third-order valence-corrected chi connectivity index (χ3v) is 8.88. The van der Waals surface area contributed by atoms with E-state index in [0.29, 0.717) is 23.7 Å². The SMILES string of the molecule is O=C(Oc1ccc(Cl)cc1)N1CCc2c([nH]c3c2=CC(Cl)CC=3)[C@@H]1c1ccc(OC2CCN(c3ncccn3)CC2)cc1. The number of carbonyl (C=O) groups is 1. The smallest absolute Gasteiger partial charge is 0.416 e. The van der Waals surface area contributed by atoms with Crippen LogP contribution in [0.25, 0.3) is 12.2 Å². The van der Waals surface area contributed by atoms with Gasteiger partial charge in [-0.2, -0.15) is 0 Å². The summed E-state index contributed by atoms with van der Waals surface area (Å²) in [5, 5.41) is 2.75. The molecule has 220 valence electrons. The zero-order chi connectivity index (χ0) is 29.3. The van der Waals surface area contributed by atoms with Crippen molar-refractivity contribution in [2.75, 3.05) is 24.5 Å². The maximum atomic E-state index is 13.6. The van der Waals surface area contributed by atoms with Gasteiger partial charge in [0.15, 0.2) is 0 Å². The molecule has 0 radical (unpaired) electrons. The molecule has 3 aliphatic rings. The lowest BCUT2D eigenvalue weighted by Crippen LogP contribution is -2.43. The van der Waals surface area contributed by atoms with Gasteiger partial charge in [-0.05, 0) is 66.4 Å². The first kappa shape index (κ1) is 27.8. The Balaban J connectivity index is 1.13. The fourth-order valence-corrected chi connectivity index (χ4v) is 6.54. The molecule has 43 heavy (non-hydrogen) atoms. The minimum Gasteiger partial charge on any atom is -0.490 e. The summed E-state index contributed by atoms with van der Waals surface area (Å²) < 4.78 is 12.2. The number of H-pyrrole nitrogens is 1. The van der Waals surface area contributed by atoms with Crippen molar-refractivity contribution in [3.63, 3.8) is 0 Å². The highest BCUT2D eigenvalue weighted by Crippen LogP contribution is 2.35. The lowest BCUT2D eigenvalue weighted by atomic mass is 9.92. The highest BCUT2D eigenvalue weighted by Gasteiger charge is 2.36. The summed E-state index contributed by atoms with van der Waals surface area (Å²) in [5.41, 5.74) is 3.16. The Morgan fingerprint density at radius 2 is 1.67 bits per heavy atom. The molecule has 2 atom stereocenters. The average molecular weight is 617 g/mol. The third kappa shape index (κ3) is 5.82. The molecule has 7 rings (SSSR count). The molecule has 1 aliphatic carbocycles. The predicted molar refractivity (Wildman–Crippen MR) is 167 cm³/mol. The molecule has 2 aromatic heterocycles. The van der Waals surface area contributed by atoms with E-state index in [1.54, 1.807) is 41.6 Å². The number of anilines is 1. The number of hydrogen-bond acceptors (Lipinski definition) is 6. The van der Waals surface area contributed by atoms with Gasteiger partial charge < -0.3 is 19.4 Å². The van der Waals surface area contributed by atoms with Gasteiger partial charge in [-0.3, -0.25) is 4.90 Å². The van der Waals surface area contributed by atoms with E-state index in [2.05, 4.69) is 32.0 Å². The number of fused-ring (bicyclic) bond motifs is 3. The number of halogens is 2. The molecule has 1 saturated heterocycles. The molecule has 2 aliphatic heterocycles. The number of ether oxygens (including phenoxy) is 2. The van der Waals surface area contributed by atoms with Crippen LogP contribution in [0.1, 0.15) is 42.1 Å². The second-order valence-corrected chi connectivity index (χ2v) is 12.1. The summed E-state index contributed by atoms with van der Waals surface area (Å²) in [5.74, 6) is 2.02. The van der Waals surface area contributed by atoms with Gasteiger partial charge in [0, 0.05) is 66.2 Å². The quantitative estimate of drug-likeness (QED) is 0.310. The van der Waals surface area contributed by atoms with Crippen LogP contribution >= 0.6 is 23.2 Å². The van der Waals surface area contributed by atoms with Crippen molar-refractivity contribution in [3.8, 4) is 11.5 Å². The molecule has 4 aromatic rings. The molecule has 1 unspecified atom stereocenters. The number of piperidine rings is 1. The number of benzene rings is 2. The van der Waals surface area contributed by atoms with Crippen LogP contribution in [-0.4, -0.2) is 57.1 Å². The third-order valence-electron chi connectivity index (χ3n) is 8.32. The number of nitrogens with one attached hydrogen (secondary N) is 1. The molecule has 1 N–H and O–H groups in total. The van der Waals surface area contributed by atoms with Gasteiger partial charge in [0.25, 0.3) is 0 Å². The zero-order valence-corrected chi connectivity index (χ0v) is 25.0. The van der Waals surface area contributed by atoms with E-state index < -0.39 is 6.09 Å². The number of amides is 1. The topological polar surface area (TPSA) is 83.6 Å². The number of carbonyl (C=O) groups excluding carboxylic acids is 1. The number of rotatable bonds is 5. The molecule has 4 heterocycles. The Kier molecular flexibility index (Phi) is 7.72. The van der Waals surface area contributed by atoms with Crippen LogP contribution in [-0.2, 0) is 6.42 Å². The highest BCUT2D eigenvalue weighted by molar-refractivity contribution is 6.30. The normalized spacial score (nSPS) is 20.0. The first-order valence-corrected chi connectivity index (χ1v) is 15.4. The van der Waals surface area contributed by atoms with Crippen LogP contribution in [0.3, 0.4) is 0 Å². The molecule has 0 spiro atoms. The predicted octanol–water partition coefficient (Wildman–Crippen LogP) is 5.22. The van der Waals surface area contributed by atoms with Crippen molar-refractivity contribution in [1.29, 1.82) is 0 Å². The van der Waals surface area contributed by atoms with Crippen LogP contribution in [0.15, 0.2) is 67.0 Å². The van der Waals surface area contributed by atoms with Gasteiger partial charge in [-0.25, -0.2) is 14.8 Å². The van der Waals surface area contributed by atoms with Gasteiger partial charge in [0.05, 0.1) is 5.38 Å². The van der Waals surface area contributed by atoms with Crippen LogP contribution in [0.5, 0.6) is 11.5 Å². The second-order valence-electron chi connectivity index (χ2n) is 11.1. The van der Waals surface area contributed by atoms with E-state index in [1.807, 2.05) is 30.3 Å². The Bertz CT molecular complexity index is 1720. The van der Waals surface area contributed by atoms with Crippen molar-refractivity contribution in [3.05, 3.63) is 99.4 Å². The lowest BCUT2D eigenvalue weighted by Gasteiger charge is -2.35. The van der Waals surface area contributed by atoms with Crippen LogP contribution in [0, 0.1) is 0 Å². The summed E-state index contributed by atoms with van der Waals surface area (Å²) in [6.45, 7) is 2.20. The number of hydrogen-bond donors (Lipinski definition) is 1. The van der Waals surface area contributed by atoms with Gasteiger partial charge >= 0.3 is 6.09 Å². The number of nitrogens with zero attached hydrogens (tertiary/aromatic N) is 4. The minimum absolute atomic E-state index is 0.0396. The fourth-order valence-electron chi connectivity index (χ4n) is 6.20. The monoisotopic (exact) mass is 615 g/mol. The van der Waals surface area contributed by atoms with Crippen molar-refractivity contribution in [1.82, 2.24) is 19.9 Å². The highest BCUT2D eigenvalue weighted by atomic mass is 35.5. The van der Waals surface area contributed by atoms with E-state index in [4.69, 9.17) is 32.7 Å². The Morgan fingerprint density at radius 1 is 0.953 bits per heavy atom. The molecule has 8 nitrogen and oxygen atoms in total. The largest absolute Gasteiger partial charge is 0.490 e. The van der Waals surface area contributed by atoms with Gasteiger partial charge in [-0.15, -0.1) is 11.6 Å². The first-order chi connectivity index (χ1) is 21.0. The summed E-state index contributed by atoms with van der Waals surface area (Å²) >= 11 is 12.5. The minimum atomic E-state index is -0.414. The number of aromatic nitrogens is 3. The second kappa shape index (κ2) is 11.9. The zero-order valence-electron chi connectivity index (χ0n) is 23.5. The van der Waals surface area contributed by atoms with Crippen LogP contribution in [0.4, 0.5) is 10.7 Å². The number of alkyl halides is 1. The number of aromatic amines is 1. The summed E-state index contributed by atoms with van der Waals surface area (Å²) in [7, 11) is 0. The maximum Gasteiger partial charge on any atom is 0.416 e. The van der Waals surface area contributed by atoms with Gasteiger partial charge in [0.2, 0.25) is 5.95 Å². The van der Waals surface area contributed by atoms with E-state index in [1.165, 1.54) is 5.56 Å². The maximum absolute atomic E-state index is 13.6.